The molecule has 2 aromatic carbocycles. The highest BCUT2D eigenvalue weighted by Gasteiger charge is 2.08. The molecular weight excluding hydrogens is 288 g/mol. The number of pyridine rings is 1. The third-order valence-corrected chi connectivity index (χ3v) is 3.88. The lowest BCUT2D eigenvalue weighted by atomic mass is 10.1. The van der Waals surface area contributed by atoms with Gasteiger partial charge in [-0.3, -0.25) is 9.59 Å². The first-order valence-electron chi connectivity index (χ1n) is 7.61. The number of rotatable bonds is 3. The highest BCUT2D eigenvalue weighted by Crippen LogP contribution is 2.20. The Morgan fingerprint density at radius 2 is 1.83 bits per heavy atom. The van der Waals surface area contributed by atoms with E-state index in [2.05, 4.69) is 10.3 Å². The van der Waals surface area contributed by atoms with Crippen molar-refractivity contribution in [2.75, 3.05) is 5.32 Å². The summed E-state index contributed by atoms with van der Waals surface area (Å²) in [6, 6.07) is 14.6. The summed E-state index contributed by atoms with van der Waals surface area (Å²) in [7, 11) is 0. The van der Waals surface area contributed by atoms with Crippen molar-refractivity contribution in [1.82, 2.24) is 4.98 Å². The van der Waals surface area contributed by atoms with Gasteiger partial charge in [-0.15, -0.1) is 0 Å². The number of amides is 1. The summed E-state index contributed by atoms with van der Waals surface area (Å²) in [4.78, 5) is 26.8. The molecule has 3 aromatic rings. The van der Waals surface area contributed by atoms with Gasteiger partial charge in [-0.05, 0) is 43.2 Å². The van der Waals surface area contributed by atoms with Crippen molar-refractivity contribution in [2.24, 2.45) is 0 Å². The number of aromatic nitrogens is 1. The molecule has 2 N–H and O–H groups in total. The van der Waals surface area contributed by atoms with Crippen LogP contribution in [0.2, 0.25) is 0 Å². The van der Waals surface area contributed by atoms with E-state index in [1.807, 2.05) is 38.1 Å². The lowest BCUT2D eigenvalue weighted by Crippen LogP contribution is -2.12. The van der Waals surface area contributed by atoms with E-state index in [0.717, 1.165) is 28.5 Å². The molecule has 1 amide bonds. The van der Waals surface area contributed by atoms with Gasteiger partial charge in [0.15, 0.2) is 0 Å². The molecule has 23 heavy (non-hydrogen) atoms. The van der Waals surface area contributed by atoms with Gasteiger partial charge >= 0.3 is 0 Å². The van der Waals surface area contributed by atoms with Crippen LogP contribution in [0.15, 0.2) is 53.3 Å². The maximum absolute atomic E-state index is 12.3. The number of nitrogens with one attached hydrogen (secondary N) is 2. The minimum Gasteiger partial charge on any atom is -0.322 e. The first-order valence-corrected chi connectivity index (χ1v) is 7.61. The van der Waals surface area contributed by atoms with Crippen LogP contribution >= 0.6 is 0 Å². The van der Waals surface area contributed by atoms with Crippen LogP contribution in [0.5, 0.6) is 0 Å². The summed E-state index contributed by atoms with van der Waals surface area (Å²) < 4.78 is 0. The molecule has 0 spiro atoms. The van der Waals surface area contributed by atoms with Crippen molar-refractivity contribution in [2.45, 2.75) is 20.3 Å². The predicted molar refractivity (Wildman–Crippen MR) is 93.1 cm³/mol. The van der Waals surface area contributed by atoms with Crippen molar-refractivity contribution in [3.05, 3.63) is 75.6 Å². The number of hydrogen-bond donors (Lipinski definition) is 2. The van der Waals surface area contributed by atoms with Gasteiger partial charge in [-0.25, -0.2) is 0 Å². The second-order valence-corrected chi connectivity index (χ2v) is 5.59. The zero-order chi connectivity index (χ0) is 16.4. The number of hydrogen-bond acceptors (Lipinski definition) is 2. The minimum atomic E-state index is -0.168. The van der Waals surface area contributed by atoms with Gasteiger partial charge in [0.25, 0.3) is 5.91 Å². The maximum Gasteiger partial charge on any atom is 0.255 e. The molecule has 0 unspecified atom stereocenters. The van der Waals surface area contributed by atoms with Crippen LogP contribution in [0.4, 0.5) is 5.69 Å². The molecule has 4 nitrogen and oxygen atoms in total. The number of carbonyl (C=O) groups is 1. The fourth-order valence-corrected chi connectivity index (χ4v) is 2.61. The standard InChI is InChI=1S/C19H18N2O2/c1-3-13-10-18(22)21-17-11-15(8-9-16(13)17)20-19(23)14-6-4-12(2)5-7-14/h4-11H,3H2,1-2H3,(H,20,23)(H,21,22). The fraction of sp³-hybridized carbons (Fsp3) is 0.158. The van der Waals surface area contributed by atoms with Crippen molar-refractivity contribution in [3.63, 3.8) is 0 Å². The third-order valence-electron chi connectivity index (χ3n) is 3.88. The van der Waals surface area contributed by atoms with Crippen molar-refractivity contribution >= 4 is 22.5 Å². The lowest BCUT2D eigenvalue weighted by molar-refractivity contribution is 0.102. The van der Waals surface area contributed by atoms with Gasteiger partial charge in [0.05, 0.1) is 5.52 Å². The summed E-state index contributed by atoms with van der Waals surface area (Å²) in [5.41, 5.74) is 3.97. The highest BCUT2D eigenvalue weighted by molar-refractivity contribution is 6.05. The Kier molecular flexibility index (Phi) is 3.98. The Morgan fingerprint density at radius 1 is 1.09 bits per heavy atom. The second-order valence-electron chi connectivity index (χ2n) is 5.59. The molecule has 0 aliphatic carbocycles. The SMILES string of the molecule is CCc1cc(=O)[nH]c2cc(NC(=O)c3ccc(C)cc3)ccc12. The van der Waals surface area contributed by atoms with E-state index in [9.17, 15) is 9.59 Å². The van der Waals surface area contributed by atoms with E-state index >= 15 is 0 Å². The molecule has 3 rings (SSSR count). The van der Waals surface area contributed by atoms with Crippen molar-refractivity contribution in [3.8, 4) is 0 Å². The number of H-pyrrole nitrogens is 1. The first-order chi connectivity index (χ1) is 11.1. The number of aromatic amines is 1. The number of fused-ring (bicyclic) bond motifs is 1. The van der Waals surface area contributed by atoms with Crippen LogP contribution in [0, 0.1) is 6.92 Å². The van der Waals surface area contributed by atoms with E-state index in [0.29, 0.717) is 11.3 Å². The molecule has 116 valence electrons. The van der Waals surface area contributed by atoms with E-state index in [1.165, 1.54) is 0 Å². The molecule has 0 fully saturated rings. The quantitative estimate of drug-likeness (QED) is 0.776. The number of carbonyl (C=O) groups excluding carboxylic acids is 1. The van der Waals surface area contributed by atoms with Crippen LogP contribution < -0.4 is 10.9 Å². The summed E-state index contributed by atoms with van der Waals surface area (Å²) in [6.07, 6.45) is 0.787. The molecule has 0 radical (unpaired) electrons. The smallest absolute Gasteiger partial charge is 0.255 e. The zero-order valence-electron chi connectivity index (χ0n) is 13.1. The molecule has 4 heteroatoms. The van der Waals surface area contributed by atoms with Crippen molar-refractivity contribution < 1.29 is 4.79 Å². The van der Waals surface area contributed by atoms with Gasteiger partial charge < -0.3 is 10.3 Å². The van der Waals surface area contributed by atoms with Gasteiger partial charge in [-0.2, -0.15) is 0 Å². The average Bonchev–Trinajstić information content (AvgIpc) is 2.54. The monoisotopic (exact) mass is 306 g/mol. The molecular formula is C19H18N2O2. The highest BCUT2D eigenvalue weighted by atomic mass is 16.1. The second kappa shape index (κ2) is 6.08. The Morgan fingerprint density at radius 3 is 2.52 bits per heavy atom. The Bertz CT molecular complexity index is 924. The summed E-state index contributed by atoms with van der Waals surface area (Å²) >= 11 is 0. The minimum absolute atomic E-state index is 0.128. The summed E-state index contributed by atoms with van der Waals surface area (Å²) in [5, 5.41) is 3.87. The molecule has 0 saturated carbocycles. The average molecular weight is 306 g/mol. The van der Waals surface area contributed by atoms with Crippen LogP contribution in [-0.2, 0) is 6.42 Å². The van der Waals surface area contributed by atoms with Crippen LogP contribution in [-0.4, -0.2) is 10.9 Å². The Balaban J connectivity index is 1.93. The molecule has 1 aromatic heterocycles. The zero-order valence-corrected chi connectivity index (χ0v) is 13.1. The number of aryl methyl sites for hydroxylation is 2. The summed E-state index contributed by atoms with van der Waals surface area (Å²) in [6.45, 7) is 3.99. The van der Waals surface area contributed by atoms with Crippen LogP contribution in [0.25, 0.3) is 10.9 Å². The molecule has 0 aliphatic heterocycles. The first kappa shape index (κ1) is 15.0. The fourth-order valence-electron chi connectivity index (χ4n) is 2.61. The largest absolute Gasteiger partial charge is 0.322 e. The number of benzene rings is 2. The number of anilines is 1. The van der Waals surface area contributed by atoms with Crippen LogP contribution in [0.1, 0.15) is 28.4 Å². The van der Waals surface area contributed by atoms with Gasteiger partial charge in [0.1, 0.15) is 0 Å². The van der Waals surface area contributed by atoms with E-state index in [1.54, 1.807) is 24.3 Å². The van der Waals surface area contributed by atoms with Crippen LogP contribution in [0.3, 0.4) is 0 Å². The van der Waals surface area contributed by atoms with E-state index in [4.69, 9.17) is 0 Å². The predicted octanol–water partition coefficient (Wildman–Crippen LogP) is 3.65. The maximum atomic E-state index is 12.3. The van der Waals surface area contributed by atoms with Crippen molar-refractivity contribution in [1.29, 1.82) is 0 Å². The van der Waals surface area contributed by atoms with Gasteiger partial charge in [-0.1, -0.05) is 30.7 Å². The third kappa shape index (κ3) is 3.16. The van der Waals surface area contributed by atoms with Gasteiger partial charge in [0.2, 0.25) is 5.56 Å². The van der Waals surface area contributed by atoms with E-state index in [-0.39, 0.29) is 11.5 Å². The summed E-state index contributed by atoms with van der Waals surface area (Å²) in [5.74, 6) is -0.168. The molecule has 0 atom stereocenters. The topological polar surface area (TPSA) is 62.0 Å². The molecule has 0 bridgehead atoms. The Hall–Kier alpha value is -2.88. The molecule has 1 heterocycles. The van der Waals surface area contributed by atoms with Gasteiger partial charge in [0, 0.05) is 22.7 Å². The van der Waals surface area contributed by atoms with E-state index < -0.39 is 0 Å². The molecule has 0 saturated heterocycles. The normalized spacial score (nSPS) is 10.7. The lowest BCUT2D eigenvalue weighted by Gasteiger charge is -2.09. The molecule has 0 aliphatic rings. The Labute approximate surface area is 134 Å².